The first-order valence-electron chi connectivity index (χ1n) is 4.51. The summed E-state index contributed by atoms with van der Waals surface area (Å²) in [5, 5.41) is 0. The largest absolute Gasteiger partial charge is 0.385 e. The molecule has 5 nitrogen and oxygen atoms in total. The van der Waals surface area contributed by atoms with Gasteiger partial charge in [-0.05, 0) is 13.8 Å². The molecular formula is C5H13F3N3O2P3. The van der Waals surface area contributed by atoms with E-state index in [0.29, 0.717) is 0 Å². The molecule has 3 unspecified atom stereocenters. The van der Waals surface area contributed by atoms with Crippen molar-refractivity contribution in [3.63, 3.8) is 0 Å². The Morgan fingerprint density at radius 2 is 1.31 bits per heavy atom. The monoisotopic (exact) mass is 297 g/mol. The molecule has 0 aromatic heterocycles. The first-order chi connectivity index (χ1) is 7.24. The Labute approximate surface area is 92.6 Å². The Balaban J connectivity index is 3.30. The maximum absolute atomic E-state index is 13.9. The van der Waals surface area contributed by atoms with Crippen molar-refractivity contribution in [2.24, 2.45) is 13.5 Å². The zero-order valence-corrected chi connectivity index (χ0v) is 11.7. The first-order valence-corrected chi connectivity index (χ1v) is 9.55. The average Bonchev–Trinajstić information content (AvgIpc) is 1.97. The summed E-state index contributed by atoms with van der Waals surface area (Å²) in [6.07, 6.45) is 0. The maximum atomic E-state index is 13.9. The molecule has 0 N–H and O–H groups in total. The Morgan fingerprint density at radius 3 is 1.75 bits per heavy atom. The van der Waals surface area contributed by atoms with Crippen LogP contribution < -0.4 is 0 Å². The van der Waals surface area contributed by atoms with E-state index >= 15 is 0 Å². The summed E-state index contributed by atoms with van der Waals surface area (Å²) in [4.78, 5) is 0. The minimum absolute atomic E-state index is 0.0661. The minimum Gasteiger partial charge on any atom is -0.303 e. The molecule has 0 aromatic rings. The van der Waals surface area contributed by atoms with Gasteiger partial charge in [0.1, 0.15) is 0 Å². The van der Waals surface area contributed by atoms with Crippen LogP contribution in [0, 0.1) is 0 Å². The lowest BCUT2D eigenvalue weighted by Crippen LogP contribution is -1.89. The minimum atomic E-state index is -4.26. The standard InChI is InChI=1S/C5H13F3N3O2P3/c1-4-12-15(7)9-14(3,6)10-16(8,11-15)13-5-2/h4-5H2,1-3H3. The van der Waals surface area contributed by atoms with Crippen LogP contribution in [-0.2, 0) is 9.05 Å². The fourth-order valence-corrected chi connectivity index (χ4v) is 8.21. The van der Waals surface area contributed by atoms with E-state index in [1.807, 2.05) is 0 Å². The van der Waals surface area contributed by atoms with Crippen molar-refractivity contribution in [2.45, 2.75) is 13.8 Å². The van der Waals surface area contributed by atoms with E-state index < -0.39 is 23.0 Å². The van der Waals surface area contributed by atoms with E-state index in [1.54, 1.807) is 0 Å². The van der Waals surface area contributed by atoms with Crippen molar-refractivity contribution in [1.82, 2.24) is 0 Å². The van der Waals surface area contributed by atoms with Gasteiger partial charge in [-0.1, -0.05) is 0 Å². The van der Waals surface area contributed by atoms with E-state index in [0.717, 1.165) is 6.66 Å². The molecule has 1 aliphatic heterocycles. The van der Waals surface area contributed by atoms with Crippen molar-refractivity contribution in [3.8, 4) is 0 Å². The van der Waals surface area contributed by atoms with Crippen LogP contribution in [-0.4, -0.2) is 19.9 Å². The molecule has 0 saturated heterocycles. The van der Waals surface area contributed by atoms with E-state index in [2.05, 4.69) is 22.6 Å². The lowest BCUT2D eigenvalue weighted by atomic mass is 10.9. The fraction of sp³-hybridized carbons (Fsp3) is 1.00. The van der Waals surface area contributed by atoms with E-state index in [9.17, 15) is 12.6 Å². The summed E-state index contributed by atoms with van der Waals surface area (Å²) in [7, 11) is -12.4. The molecule has 0 spiro atoms. The third-order valence-electron chi connectivity index (χ3n) is 1.35. The SMILES string of the molecule is CCOP1(F)=NP(C)(F)=NP(F)(OCC)=N1. The second-order valence-corrected chi connectivity index (χ2v) is 9.03. The van der Waals surface area contributed by atoms with E-state index in [4.69, 9.17) is 0 Å². The van der Waals surface area contributed by atoms with Gasteiger partial charge in [0.2, 0.25) is 7.52 Å². The zero-order chi connectivity index (χ0) is 12.4. The summed E-state index contributed by atoms with van der Waals surface area (Å²) < 4.78 is 60.0. The molecule has 0 saturated carbocycles. The average molecular weight is 297 g/mol. The van der Waals surface area contributed by atoms with Crippen LogP contribution in [0.25, 0.3) is 0 Å². The summed E-state index contributed by atoms with van der Waals surface area (Å²) in [5.74, 6) is 0. The van der Waals surface area contributed by atoms with Crippen LogP contribution in [0.4, 0.5) is 12.6 Å². The molecule has 0 radical (unpaired) electrons. The van der Waals surface area contributed by atoms with Crippen LogP contribution in [0.1, 0.15) is 13.8 Å². The number of nitrogens with zero attached hydrogens (tertiary/aromatic N) is 3. The van der Waals surface area contributed by atoms with Gasteiger partial charge < -0.3 is 9.05 Å². The second kappa shape index (κ2) is 4.95. The lowest BCUT2D eigenvalue weighted by molar-refractivity contribution is 0.337. The van der Waals surface area contributed by atoms with Gasteiger partial charge in [-0.3, -0.25) is 0 Å². The topological polar surface area (TPSA) is 55.5 Å². The number of rotatable bonds is 4. The number of hydrogen-bond donors (Lipinski definition) is 0. The Kier molecular flexibility index (Phi) is 4.47. The van der Waals surface area contributed by atoms with E-state index in [1.165, 1.54) is 13.8 Å². The van der Waals surface area contributed by atoms with Crippen LogP contribution in [0.3, 0.4) is 0 Å². The lowest BCUT2D eigenvalue weighted by Gasteiger charge is -2.21. The van der Waals surface area contributed by atoms with Crippen molar-refractivity contribution in [1.29, 1.82) is 0 Å². The van der Waals surface area contributed by atoms with Crippen molar-refractivity contribution < 1.29 is 21.6 Å². The Hall–Kier alpha value is 0.400. The van der Waals surface area contributed by atoms with Gasteiger partial charge in [0, 0.05) is 6.66 Å². The highest BCUT2D eigenvalue weighted by Crippen LogP contribution is 2.79. The van der Waals surface area contributed by atoms with Crippen LogP contribution >= 0.6 is 23.0 Å². The third kappa shape index (κ3) is 3.71. The van der Waals surface area contributed by atoms with Crippen molar-refractivity contribution in [2.75, 3.05) is 19.9 Å². The van der Waals surface area contributed by atoms with Gasteiger partial charge in [0.05, 0.1) is 13.2 Å². The molecule has 1 aliphatic rings. The summed E-state index contributed by atoms with van der Waals surface area (Å²) in [5.41, 5.74) is 0. The molecule has 1 rings (SSSR count). The highest BCUT2D eigenvalue weighted by atomic mass is 31.3. The molecule has 0 fully saturated rings. The third-order valence-corrected chi connectivity index (χ3v) is 8.67. The predicted molar refractivity (Wildman–Crippen MR) is 60.5 cm³/mol. The normalized spacial score (nSPS) is 43.1. The fourth-order valence-electron chi connectivity index (χ4n) is 1.02. The van der Waals surface area contributed by atoms with Gasteiger partial charge in [-0.25, -0.2) is 0 Å². The zero-order valence-electron chi connectivity index (χ0n) is 9.05. The first kappa shape index (κ1) is 14.5. The molecule has 0 amide bonds. The number of hydrogen-bond acceptors (Lipinski definition) is 5. The molecular weight excluding hydrogens is 284 g/mol. The summed E-state index contributed by atoms with van der Waals surface area (Å²) in [6, 6.07) is 0. The molecule has 96 valence electrons. The van der Waals surface area contributed by atoms with Gasteiger partial charge in [-0.2, -0.15) is 21.6 Å². The molecule has 1 heterocycles. The van der Waals surface area contributed by atoms with E-state index in [-0.39, 0.29) is 13.2 Å². The molecule has 0 aliphatic carbocycles. The highest BCUT2D eigenvalue weighted by molar-refractivity contribution is 7.79. The highest BCUT2D eigenvalue weighted by Gasteiger charge is 2.37. The van der Waals surface area contributed by atoms with Gasteiger partial charge in [-0.15, -0.1) is 4.52 Å². The smallest absolute Gasteiger partial charge is 0.303 e. The molecule has 0 bridgehead atoms. The summed E-state index contributed by atoms with van der Waals surface area (Å²) in [6.45, 7) is 3.80. The molecule has 16 heavy (non-hydrogen) atoms. The second-order valence-electron chi connectivity index (χ2n) is 2.86. The summed E-state index contributed by atoms with van der Waals surface area (Å²) >= 11 is 0. The van der Waals surface area contributed by atoms with Gasteiger partial charge in [0.15, 0.2) is 0 Å². The Morgan fingerprint density at radius 1 is 0.875 bits per heavy atom. The van der Waals surface area contributed by atoms with Crippen LogP contribution in [0.2, 0.25) is 0 Å². The maximum Gasteiger partial charge on any atom is 0.385 e. The predicted octanol–water partition coefficient (Wildman–Crippen LogP) is 5.53. The van der Waals surface area contributed by atoms with Gasteiger partial charge in [0.25, 0.3) is 0 Å². The Bertz CT molecular complexity index is 420. The van der Waals surface area contributed by atoms with Crippen molar-refractivity contribution >= 4 is 23.0 Å². The van der Waals surface area contributed by atoms with Crippen molar-refractivity contribution in [3.05, 3.63) is 0 Å². The molecule has 11 heteroatoms. The number of halogens is 3. The van der Waals surface area contributed by atoms with Crippen LogP contribution in [0.15, 0.2) is 13.5 Å². The van der Waals surface area contributed by atoms with Gasteiger partial charge >= 0.3 is 15.5 Å². The molecule has 0 aromatic carbocycles. The molecule has 3 atom stereocenters. The van der Waals surface area contributed by atoms with Crippen LogP contribution in [0.5, 0.6) is 0 Å². The quantitative estimate of drug-likeness (QED) is 0.640.